The molecule has 2 amide bonds. The second-order valence-corrected chi connectivity index (χ2v) is 12.0. The molecule has 0 bridgehead atoms. The second kappa shape index (κ2) is 13.5. The Morgan fingerprint density at radius 2 is 1.81 bits per heavy atom. The minimum absolute atomic E-state index is 0.0259. The number of likely N-dealkylation sites (tertiary alicyclic amines) is 2. The summed E-state index contributed by atoms with van der Waals surface area (Å²) in [7, 11) is 3.30. The number of rotatable bonds is 9. The van der Waals surface area contributed by atoms with Gasteiger partial charge in [0.25, 0.3) is 0 Å². The van der Waals surface area contributed by atoms with Crippen LogP contribution in [0.15, 0.2) is 36.4 Å². The number of hydrogen-bond acceptors (Lipinski definition) is 6. The molecule has 9 nitrogen and oxygen atoms in total. The van der Waals surface area contributed by atoms with E-state index in [1.54, 1.807) is 14.2 Å². The van der Waals surface area contributed by atoms with Crippen LogP contribution >= 0.6 is 0 Å². The lowest BCUT2D eigenvalue weighted by Crippen LogP contribution is -2.48. The summed E-state index contributed by atoms with van der Waals surface area (Å²) in [5.74, 6) is 2.02. The van der Waals surface area contributed by atoms with Gasteiger partial charge in [0.2, 0.25) is 11.8 Å². The average molecular weight is 586 g/mol. The van der Waals surface area contributed by atoms with Crippen LogP contribution < -0.4 is 14.8 Å². The van der Waals surface area contributed by atoms with Gasteiger partial charge in [0.05, 0.1) is 38.4 Å². The summed E-state index contributed by atoms with van der Waals surface area (Å²) in [6.45, 7) is 7.70. The van der Waals surface area contributed by atoms with Crippen LogP contribution in [0.25, 0.3) is 22.2 Å². The molecule has 2 aromatic carbocycles. The lowest BCUT2D eigenvalue weighted by molar-refractivity contribution is -0.135. The molecule has 2 saturated heterocycles. The highest BCUT2D eigenvalue weighted by Crippen LogP contribution is 2.40. The average Bonchev–Trinajstić information content (AvgIpc) is 3.42. The second-order valence-electron chi connectivity index (χ2n) is 12.0. The molecule has 3 aromatic rings. The highest BCUT2D eigenvalue weighted by Gasteiger charge is 2.30. The first-order valence-electron chi connectivity index (χ1n) is 15.4. The molecular weight excluding hydrogens is 542 g/mol. The number of fused-ring (bicyclic) bond motifs is 1. The van der Waals surface area contributed by atoms with Gasteiger partial charge < -0.3 is 24.7 Å². The third-order valence-electron chi connectivity index (χ3n) is 9.01. The van der Waals surface area contributed by atoms with Crippen LogP contribution in [0.5, 0.6) is 11.5 Å². The lowest BCUT2D eigenvalue weighted by atomic mass is 9.87. The van der Waals surface area contributed by atoms with Gasteiger partial charge in [-0.15, -0.1) is 0 Å². The number of nitrogens with one attached hydrogen (secondary N) is 2. The maximum absolute atomic E-state index is 13.2. The zero-order valence-corrected chi connectivity index (χ0v) is 25.7. The van der Waals surface area contributed by atoms with E-state index in [1.807, 2.05) is 23.1 Å². The Hall–Kier alpha value is -4.03. The van der Waals surface area contributed by atoms with Gasteiger partial charge in [-0.2, -0.15) is 5.26 Å². The normalized spacial score (nSPS) is 18.0. The number of H-pyrrole nitrogens is 1. The SMILES string of the molecule is COc1ccc(-c2[nH]c3ccc(C4CCN(C(=O)CN5CCCC(C(=O)NCC#N)C5)CC4)cc3c2C(C)C)cc1OC. The number of methoxy groups -OCH3 is 2. The van der Waals surface area contributed by atoms with Crippen LogP contribution in [0.4, 0.5) is 0 Å². The van der Waals surface area contributed by atoms with Crippen LogP contribution in [0, 0.1) is 17.2 Å². The van der Waals surface area contributed by atoms with E-state index in [-0.39, 0.29) is 24.3 Å². The fourth-order valence-electron chi connectivity index (χ4n) is 6.74. The van der Waals surface area contributed by atoms with Crippen LogP contribution in [0.3, 0.4) is 0 Å². The molecule has 0 aliphatic carbocycles. The van der Waals surface area contributed by atoms with Crippen molar-refractivity contribution in [3.63, 3.8) is 0 Å². The molecule has 3 heterocycles. The minimum atomic E-state index is -0.160. The summed E-state index contributed by atoms with van der Waals surface area (Å²) in [6, 6.07) is 14.8. The zero-order chi connectivity index (χ0) is 30.5. The van der Waals surface area contributed by atoms with Crippen molar-refractivity contribution in [3.05, 3.63) is 47.5 Å². The van der Waals surface area contributed by atoms with Crippen molar-refractivity contribution in [2.45, 2.75) is 51.4 Å². The number of nitriles is 1. The maximum atomic E-state index is 13.2. The highest BCUT2D eigenvalue weighted by molar-refractivity contribution is 5.92. The van der Waals surface area contributed by atoms with Gasteiger partial charge in [-0.25, -0.2) is 0 Å². The van der Waals surface area contributed by atoms with Crippen LogP contribution in [-0.2, 0) is 9.59 Å². The molecule has 1 unspecified atom stereocenters. The van der Waals surface area contributed by atoms with Crippen molar-refractivity contribution in [2.75, 3.05) is 53.5 Å². The molecule has 1 aromatic heterocycles. The number of carbonyl (C=O) groups excluding carboxylic acids is 2. The minimum Gasteiger partial charge on any atom is -0.493 e. The van der Waals surface area contributed by atoms with Crippen molar-refractivity contribution in [1.82, 2.24) is 20.1 Å². The first-order valence-corrected chi connectivity index (χ1v) is 15.4. The van der Waals surface area contributed by atoms with E-state index in [0.717, 1.165) is 62.1 Å². The summed E-state index contributed by atoms with van der Waals surface area (Å²) in [5.41, 5.74) is 5.89. The van der Waals surface area contributed by atoms with Crippen molar-refractivity contribution >= 4 is 22.7 Å². The fourth-order valence-corrected chi connectivity index (χ4v) is 6.74. The smallest absolute Gasteiger partial charge is 0.236 e. The van der Waals surface area contributed by atoms with Gasteiger partial charge in [0, 0.05) is 36.1 Å². The lowest BCUT2D eigenvalue weighted by Gasteiger charge is -2.36. The first-order chi connectivity index (χ1) is 20.8. The summed E-state index contributed by atoms with van der Waals surface area (Å²) >= 11 is 0. The van der Waals surface area contributed by atoms with E-state index >= 15 is 0 Å². The van der Waals surface area contributed by atoms with Crippen molar-refractivity contribution in [2.24, 2.45) is 5.92 Å². The van der Waals surface area contributed by atoms with E-state index in [4.69, 9.17) is 14.7 Å². The molecular formula is C34H43N5O4. The summed E-state index contributed by atoms with van der Waals surface area (Å²) < 4.78 is 11.0. The van der Waals surface area contributed by atoms with Gasteiger partial charge in [0.1, 0.15) is 6.54 Å². The number of aromatic nitrogens is 1. The molecule has 228 valence electrons. The zero-order valence-electron chi connectivity index (χ0n) is 25.7. The molecule has 1 atom stereocenters. The third-order valence-corrected chi connectivity index (χ3v) is 9.01. The maximum Gasteiger partial charge on any atom is 0.236 e. The third kappa shape index (κ3) is 6.65. The van der Waals surface area contributed by atoms with E-state index in [2.05, 4.69) is 53.3 Å². The topological polar surface area (TPSA) is 111 Å². The Labute approximate surface area is 254 Å². The van der Waals surface area contributed by atoms with Crippen LogP contribution in [0.1, 0.15) is 62.5 Å². The van der Waals surface area contributed by atoms with Gasteiger partial charge in [0.15, 0.2) is 11.5 Å². The molecule has 5 rings (SSSR count). The van der Waals surface area contributed by atoms with E-state index in [9.17, 15) is 9.59 Å². The van der Waals surface area contributed by atoms with Gasteiger partial charge in [-0.05, 0) is 85.5 Å². The molecule has 0 saturated carbocycles. The Bertz CT molecular complexity index is 1500. The van der Waals surface area contributed by atoms with E-state index in [0.29, 0.717) is 36.4 Å². The molecule has 0 radical (unpaired) electrons. The predicted octanol–water partition coefficient (Wildman–Crippen LogP) is 5.03. The monoisotopic (exact) mass is 585 g/mol. The Kier molecular flexibility index (Phi) is 9.56. The number of hydrogen-bond donors (Lipinski definition) is 2. The largest absolute Gasteiger partial charge is 0.493 e. The number of amides is 2. The number of carbonyl (C=O) groups is 2. The fraction of sp³-hybridized carbons (Fsp3) is 0.500. The molecule has 0 spiro atoms. The van der Waals surface area contributed by atoms with Gasteiger partial charge >= 0.3 is 0 Å². The van der Waals surface area contributed by atoms with Crippen molar-refractivity contribution in [3.8, 4) is 28.8 Å². The summed E-state index contributed by atoms with van der Waals surface area (Å²) in [5, 5.41) is 12.7. The van der Waals surface area contributed by atoms with Gasteiger partial charge in [-0.1, -0.05) is 19.9 Å². The van der Waals surface area contributed by atoms with E-state index < -0.39 is 0 Å². The predicted molar refractivity (Wildman–Crippen MR) is 167 cm³/mol. The molecule has 2 fully saturated rings. The van der Waals surface area contributed by atoms with E-state index in [1.165, 1.54) is 16.5 Å². The number of piperidine rings is 2. The van der Waals surface area contributed by atoms with Gasteiger partial charge in [-0.3, -0.25) is 14.5 Å². The number of ether oxygens (including phenoxy) is 2. The number of aromatic amines is 1. The number of benzene rings is 2. The van der Waals surface area contributed by atoms with Crippen molar-refractivity contribution < 1.29 is 19.1 Å². The molecule has 2 aliphatic heterocycles. The van der Waals surface area contributed by atoms with Crippen LogP contribution in [0.2, 0.25) is 0 Å². The molecule has 43 heavy (non-hydrogen) atoms. The molecule has 2 N–H and O–H groups in total. The molecule has 2 aliphatic rings. The quantitative estimate of drug-likeness (QED) is 0.341. The Morgan fingerprint density at radius 3 is 2.51 bits per heavy atom. The summed E-state index contributed by atoms with van der Waals surface area (Å²) in [4.78, 5) is 33.3. The summed E-state index contributed by atoms with van der Waals surface area (Å²) in [6.07, 6.45) is 3.54. The first kappa shape index (κ1) is 30.4. The highest BCUT2D eigenvalue weighted by atomic mass is 16.5. The Morgan fingerprint density at radius 1 is 1.05 bits per heavy atom. The standard InChI is InChI=1S/C34H43N5O4/c1-22(2)32-27-18-24(7-9-28(27)37-33(32)25-8-10-29(42-3)30(19-25)43-4)23-11-16-39(17-12-23)31(40)21-38-15-5-6-26(20-38)34(41)36-14-13-35/h7-10,18-19,22-23,26,37H,5-6,11-12,14-17,20-21H2,1-4H3,(H,36,41). The molecule has 9 heteroatoms. The number of nitrogens with zero attached hydrogens (tertiary/aromatic N) is 3. The van der Waals surface area contributed by atoms with Crippen LogP contribution in [-0.4, -0.2) is 80.1 Å². The van der Waals surface area contributed by atoms with Crippen molar-refractivity contribution in [1.29, 1.82) is 5.26 Å². The Balaban J connectivity index is 1.25.